The predicted molar refractivity (Wildman–Crippen MR) is 104 cm³/mol. The van der Waals surface area contributed by atoms with Crippen molar-refractivity contribution in [3.05, 3.63) is 59.7 Å². The van der Waals surface area contributed by atoms with Crippen molar-refractivity contribution >= 4 is 23.4 Å². The van der Waals surface area contributed by atoms with Crippen LogP contribution in [0.5, 0.6) is 5.75 Å². The summed E-state index contributed by atoms with van der Waals surface area (Å²) < 4.78 is 5.18. The van der Waals surface area contributed by atoms with E-state index in [4.69, 9.17) is 4.74 Å². The van der Waals surface area contributed by atoms with Crippen LogP contribution in [0.4, 0.5) is 5.69 Å². The number of carbonyl (C=O) groups is 3. The van der Waals surface area contributed by atoms with E-state index in [2.05, 4.69) is 4.90 Å². The molecule has 0 aliphatic carbocycles. The highest BCUT2D eigenvalue weighted by molar-refractivity contribution is 6.22. The van der Waals surface area contributed by atoms with E-state index >= 15 is 0 Å². The Morgan fingerprint density at radius 1 is 0.893 bits per heavy atom. The molecule has 2 aliphatic rings. The van der Waals surface area contributed by atoms with Gasteiger partial charge in [-0.25, -0.2) is 0 Å². The number of imide groups is 1. The number of ether oxygens (including phenoxy) is 1. The lowest BCUT2D eigenvalue weighted by atomic mass is 10.1. The van der Waals surface area contributed by atoms with E-state index in [0.717, 1.165) is 16.3 Å². The molecule has 0 bridgehead atoms. The van der Waals surface area contributed by atoms with Crippen LogP contribution >= 0.6 is 0 Å². The first-order valence-electron chi connectivity index (χ1n) is 9.20. The summed E-state index contributed by atoms with van der Waals surface area (Å²) in [6.45, 7) is 2.28. The third-order valence-corrected chi connectivity index (χ3v) is 5.24. The minimum Gasteiger partial charge on any atom is -0.497 e. The van der Waals surface area contributed by atoms with E-state index in [0.29, 0.717) is 37.3 Å². The second kappa shape index (κ2) is 7.34. The lowest BCUT2D eigenvalue weighted by molar-refractivity contribution is -0.131. The summed E-state index contributed by atoms with van der Waals surface area (Å²) in [5, 5.41) is 0. The zero-order valence-electron chi connectivity index (χ0n) is 15.6. The summed E-state index contributed by atoms with van der Waals surface area (Å²) in [5.74, 6) is -0.195. The molecule has 0 spiro atoms. The van der Waals surface area contributed by atoms with Crippen LogP contribution in [0.25, 0.3) is 0 Å². The van der Waals surface area contributed by atoms with Crippen molar-refractivity contribution in [1.82, 2.24) is 9.80 Å². The van der Waals surface area contributed by atoms with Crippen LogP contribution in [0.1, 0.15) is 20.7 Å². The molecule has 2 heterocycles. The molecular weight excluding hydrogens is 358 g/mol. The Balaban J connectivity index is 1.36. The van der Waals surface area contributed by atoms with E-state index in [-0.39, 0.29) is 12.5 Å². The Morgan fingerprint density at radius 2 is 1.46 bits per heavy atom. The summed E-state index contributed by atoms with van der Waals surface area (Å²) in [5.41, 5.74) is 1.81. The zero-order valence-corrected chi connectivity index (χ0v) is 15.6. The number of nitrogens with zero attached hydrogens (tertiary/aromatic N) is 3. The highest BCUT2D eigenvalue weighted by Crippen LogP contribution is 2.23. The number of anilines is 1. The highest BCUT2D eigenvalue weighted by atomic mass is 16.5. The van der Waals surface area contributed by atoms with Crippen LogP contribution < -0.4 is 9.64 Å². The minimum absolute atomic E-state index is 0.205. The van der Waals surface area contributed by atoms with E-state index < -0.39 is 11.8 Å². The summed E-state index contributed by atoms with van der Waals surface area (Å²) in [6.07, 6.45) is 0. The number of piperazine rings is 1. The molecule has 2 aromatic carbocycles. The fourth-order valence-corrected chi connectivity index (χ4v) is 3.63. The summed E-state index contributed by atoms with van der Waals surface area (Å²) >= 11 is 0. The Hall–Kier alpha value is -3.35. The van der Waals surface area contributed by atoms with E-state index in [1.807, 2.05) is 24.3 Å². The standard InChI is InChI=1S/C21H21N3O4/c1-28-16-8-6-15(7-9-16)22-10-12-23(13-11-22)19(25)14-24-20(26)17-4-2-3-5-18(17)21(24)27/h2-9H,10-14H2,1H3. The number of hydrogen-bond donors (Lipinski definition) is 0. The molecule has 1 fully saturated rings. The molecular formula is C21H21N3O4. The molecule has 0 radical (unpaired) electrons. The average molecular weight is 379 g/mol. The van der Waals surface area contributed by atoms with Crippen molar-refractivity contribution in [3.8, 4) is 5.75 Å². The molecule has 2 aromatic rings. The van der Waals surface area contributed by atoms with Crippen LogP contribution in [0, 0.1) is 0 Å². The SMILES string of the molecule is COc1ccc(N2CCN(C(=O)CN3C(=O)c4ccccc4C3=O)CC2)cc1. The number of carbonyl (C=O) groups excluding carboxylic acids is 3. The van der Waals surface area contributed by atoms with Crippen molar-refractivity contribution < 1.29 is 19.1 Å². The van der Waals surface area contributed by atoms with Gasteiger partial charge in [-0.2, -0.15) is 0 Å². The molecule has 0 aromatic heterocycles. The van der Waals surface area contributed by atoms with Gasteiger partial charge in [-0.15, -0.1) is 0 Å². The fraction of sp³-hybridized carbons (Fsp3) is 0.286. The maximum Gasteiger partial charge on any atom is 0.262 e. The molecule has 7 nitrogen and oxygen atoms in total. The van der Waals surface area contributed by atoms with Gasteiger partial charge in [-0.05, 0) is 36.4 Å². The van der Waals surface area contributed by atoms with Gasteiger partial charge >= 0.3 is 0 Å². The third-order valence-electron chi connectivity index (χ3n) is 5.24. The van der Waals surface area contributed by atoms with Crippen molar-refractivity contribution in [2.24, 2.45) is 0 Å². The van der Waals surface area contributed by atoms with Gasteiger partial charge in [0.2, 0.25) is 5.91 Å². The summed E-state index contributed by atoms with van der Waals surface area (Å²) in [4.78, 5) is 42.5. The molecule has 0 saturated carbocycles. The van der Waals surface area contributed by atoms with Gasteiger partial charge in [0.1, 0.15) is 12.3 Å². The van der Waals surface area contributed by atoms with E-state index in [1.54, 1.807) is 36.3 Å². The molecule has 2 aliphatic heterocycles. The number of hydrogen-bond acceptors (Lipinski definition) is 5. The van der Waals surface area contributed by atoms with Gasteiger partial charge in [-0.3, -0.25) is 19.3 Å². The molecule has 0 N–H and O–H groups in total. The predicted octanol–water partition coefficient (Wildman–Crippen LogP) is 1.64. The smallest absolute Gasteiger partial charge is 0.262 e. The maximum absolute atomic E-state index is 12.7. The number of amides is 3. The molecule has 4 rings (SSSR count). The summed E-state index contributed by atoms with van der Waals surface area (Å²) in [6, 6.07) is 14.5. The van der Waals surface area contributed by atoms with Crippen molar-refractivity contribution in [1.29, 1.82) is 0 Å². The van der Waals surface area contributed by atoms with Gasteiger partial charge in [0, 0.05) is 31.9 Å². The Labute approximate surface area is 163 Å². The van der Waals surface area contributed by atoms with Gasteiger partial charge < -0.3 is 14.5 Å². The number of methoxy groups -OCH3 is 1. The quantitative estimate of drug-likeness (QED) is 0.756. The van der Waals surface area contributed by atoms with E-state index in [1.165, 1.54) is 0 Å². The first-order valence-corrected chi connectivity index (χ1v) is 9.20. The second-order valence-electron chi connectivity index (χ2n) is 6.81. The Kier molecular flexibility index (Phi) is 4.73. The molecule has 0 atom stereocenters. The van der Waals surface area contributed by atoms with Gasteiger partial charge in [-0.1, -0.05) is 12.1 Å². The molecule has 28 heavy (non-hydrogen) atoms. The number of rotatable bonds is 4. The lowest BCUT2D eigenvalue weighted by Gasteiger charge is -2.36. The molecule has 144 valence electrons. The molecule has 0 unspecified atom stereocenters. The average Bonchev–Trinajstić information content (AvgIpc) is 2.99. The zero-order chi connectivity index (χ0) is 19.7. The first-order chi connectivity index (χ1) is 13.6. The maximum atomic E-state index is 12.7. The highest BCUT2D eigenvalue weighted by Gasteiger charge is 2.37. The van der Waals surface area contributed by atoms with Crippen LogP contribution in [-0.2, 0) is 4.79 Å². The Bertz CT molecular complexity index is 883. The van der Waals surface area contributed by atoms with Gasteiger partial charge in [0.05, 0.1) is 18.2 Å². The second-order valence-corrected chi connectivity index (χ2v) is 6.81. The first kappa shape index (κ1) is 18.0. The fourth-order valence-electron chi connectivity index (χ4n) is 3.63. The lowest BCUT2D eigenvalue weighted by Crippen LogP contribution is -2.51. The normalized spacial score (nSPS) is 16.4. The van der Waals surface area contributed by atoms with Crippen molar-refractivity contribution in [3.63, 3.8) is 0 Å². The summed E-state index contributed by atoms with van der Waals surface area (Å²) in [7, 11) is 1.63. The monoisotopic (exact) mass is 379 g/mol. The van der Waals surface area contributed by atoms with Crippen LogP contribution in [0.15, 0.2) is 48.5 Å². The molecule has 7 heteroatoms. The van der Waals surface area contributed by atoms with Crippen molar-refractivity contribution in [2.45, 2.75) is 0 Å². The van der Waals surface area contributed by atoms with Gasteiger partial charge in [0.25, 0.3) is 11.8 Å². The van der Waals surface area contributed by atoms with Crippen molar-refractivity contribution in [2.75, 3.05) is 44.7 Å². The van der Waals surface area contributed by atoms with Crippen LogP contribution in [-0.4, -0.2) is 67.4 Å². The van der Waals surface area contributed by atoms with Gasteiger partial charge in [0.15, 0.2) is 0 Å². The van der Waals surface area contributed by atoms with Crippen LogP contribution in [0.2, 0.25) is 0 Å². The minimum atomic E-state index is -0.397. The largest absolute Gasteiger partial charge is 0.497 e. The number of benzene rings is 2. The number of fused-ring (bicyclic) bond motifs is 1. The van der Waals surface area contributed by atoms with Crippen LogP contribution in [0.3, 0.4) is 0 Å². The Morgan fingerprint density at radius 3 is 2.00 bits per heavy atom. The molecule has 3 amide bonds. The third kappa shape index (κ3) is 3.19. The van der Waals surface area contributed by atoms with E-state index in [9.17, 15) is 14.4 Å². The molecule has 1 saturated heterocycles. The topological polar surface area (TPSA) is 70.2 Å².